The number of anilines is 1. The number of rotatable bonds is 13. The van der Waals surface area contributed by atoms with Crippen LogP contribution < -0.4 is 20.1 Å². The molecule has 1 heterocycles. The lowest BCUT2D eigenvalue weighted by molar-refractivity contribution is 0.0699. The highest BCUT2D eigenvalue weighted by Crippen LogP contribution is 2.17. The van der Waals surface area contributed by atoms with Gasteiger partial charge in [-0.2, -0.15) is 0 Å². The van der Waals surface area contributed by atoms with Gasteiger partial charge in [0.2, 0.25) is 5.88 Å². The molecule has 0 radical (unpaired) electrons. The maximum atomic E-state index is 5.71. The Kier molecular flexibility index (Phi) is 14.4. The Balaban J connectivity index is 0.00000512. The second-order valence-electron chi connectivity index (χ2n) is 7.07. The number of halogens is 1. The number of methoxy groups -OCH3 is 2. The van der Waals surface area contributed by atoms with E-state index in [0.717, 1.165) is 30.0 Å². The van der Waals surface area contributed by atoms with Crippen LogP contribution in [0.2, 0.25) is 0 Å². The topological polar surface area (TPSA) is 86.2 Å². The van der Waals surface area contributed by atoms with Crippen molar-refractivity contribution in [3.8, 4) is 11.6 Å². The standard InChI is InChI=1S/C23H34N4O4.HI/c1-18(2)31-21-8-6-20(7-9-21)27-23(25-11-5-13-30-15-14-28-3)26-17-19-10-12-24-22(16-19)29-4;/h6-10,12,16,18H,5,11,13-15,17H2,1-4H3,(H2,25,26,27);1H. The molecule has 2 aromatic rings. The van der Waals surface area contributed by atoms with Crippen LogP contribution in [0, 0.1) is 0 Å². The Labute approximate surface area is 208 Å². The molecule has 8 nitrogen and oxygen atoms in total. The van der Waals surface area contributed by atoms with Crippen LogP contribution in [0.15, 0.2) is 47.6 Å². The van der Waals surface area contributed by atoms with Crippen molar-refractivity contribution < 1.29 is 18.9 Å². The number of hydrogen-bond acceptors (Lipinski definition) is 6. The fraction of sp³-hybridized carbons (Fsp3) is 0.478. The first-order valence-electron chi connectivity index (χ1n) is 10.5. The monoisotopic (exact) mass is 558 g/mol. The molecule has 0 aliphatic carbocycles. The Morgan fingerprint density at radius 2 is 1.84 bits per heavy atom. The van der Waals surface area contributed by atoms with E-state index in [1.807, 2.05) is 50.2 Å². The molecule has 0 fully saturated rings. The van der Waals surface area contributed by atoms with E-state index in [4.69, 9.17) is 23.9 Å². The Hall–Kier alpha value is -2.11. The molecule has 2 N–H and O–H groups in total. The minimum absolute atomic E-state index is 0. The predicted molar refractivity (Wildman–Crippen MR) is 138 cm³/mol. The zero-order chi connectivity index (χ0) is 22.3. The van der Waals surface area contributed by atoms with Gasteiger partial charge in [-0.05, 0) is 56.2 Å². The largest absolute Gasteiger partial charge is 0.491 e. The van der Waals surface area contributed by atoms with E-state index < -0.39 is 0 Å². The summed E-state index contributed by atoms with van der Waals surface area (Å²) in [7, 11) is 3.27. The van der Waals surface area contributed by atoms with Gasteiger partial charge in [0.25, 0.3) is 0 Å². The molecule has 0 aliphatic heterocycles. The van der Waals surface area contributed by atoms with Crippen LogP contribution in [0.25, 0.3) is 0 Å². The summed E-state index contributed by atoms with van der Waals surface area (Å²) in [6.45, 7) is 7.10. The van der Waals surface area contributed by atoms with Crippen molar-refractivity contribution in [1.82, 2.24) is 10.3 Å². The summed E-state index contributed by atoms with van der Waals surface area (Å²) in [5.41, 5.74) is 1.93. The average Bonchev–Trinajstić information content (AvgIpc) is 2.77. The molecule has 0 unspecified atom stereocenters. The van der Waals surface area contributed by atoms with E-state index in [2.05, 4.69) is 15.6 Å². The lowest BCUT2D eigenvalue weighted by Gasteiger charge is -2.14. The molecule has 1 aromatic heterocycles. The van der Waals surface area contributed by atoms with Crippen molar-refractivity contribution in [3.63, 3.8) is 0 Å². The smallest absolute Gasteiger partial charge is 0.213 e. The highest BCUT2D eigenvalue weighted by atomic mass is 127. The minimum atomic E-state index is 0. The molecule has 0 atom stereocenters. The van der Waals surface area contributed by atoms with Gasteiger partial charge in [-0.3, -0.25) is 0 Å². The van der Waals surface area contributed by atoms with Gasteiger partial charge in [-0.25, -0.2) is 9.98 Å². The predicted octanol–water partition coefficient (Wildman–Crippen LogP) is 4.11. The maximum Gasteiger partial charge on any atom is 0.213 e. The van der Waals surface area contributed by atoms with E-state index in [1.165, 1.54) is 0 Å². The van der Waals surface area contributed by atoms with Crippen LogP contribution in [-0.4, -0.2) is 57.6 Å². The normalized spacial score (nSPS) is 11.1. The highest BCUT2D eigenvalue weighted by molar-refractivity contribution is 14.0. The van der Waals surface area contributed by atoms with Crippen molar-refractivity contribution >= 4 is 35.6 Å². The van der Waals surface area contributed by atoms with Crippen LogP contribution >= 0.6 is 24.0 Å². The van der Waals surface area contributed by atoms with Gasteiger partial charge in [-0.15, -0.1) is 24.0 Å². The van der Waals surface area contributed by atoms with Crippen LogP contribution in [0.5, 0.6) is 11.6 Å². The van der Waals surface area contributed by atoms with Crippen LogP contribution in [0.3, 0.4) is 0 Å². The van der Waals surface area contributed by atoms with Gasteiger partial charge < -0.3 is 29.6 Å². The molecular formula is C23H35IN4O4. The van der Waals surface area contributed by atoms with E-state index in [1.54, 1.807) is 20.4 Å². The van der Waals surface area contributed by atoms with E-state index in [-0.39, 0.29) is 30.1 Å². The lowest BCUT2D eigenvalue weighted by Crippen LogP contribution is -2.32. The number of aromatic nitrogens is 1. The van der Waals surface area contributed by atoms with Crippen molar-refractivity contribution in [1.29, 1.82) is 0 Å². The third-order valence-corrected chi connectivity index (χ3v) is 4.11. The zero-order valence-electron chi connectivity index (χ0n) is 19.3. The summed E-state index contributed by atoms with van der Waals surface area (Å²) in [6, 6.07) is 11.6. The number of pyridine rings is 1. The first-order valence-corrected chi connectivity index (χ1v) is 10.5. The molecule has 0 saturated heterocycles. The quantitative estimate of drug-likeness (QED) is 0.166. The third-order valence-electron chi connectivity index (χ3n) is 4.11. The van der Waals surface area contributed by atoms with Crippen molar-refractivity contribution in [2.24, 2.45) is 4.99 Å². The minimum Gasteiger partial charge on any atom is -0.491 e. The number of benzene rings is 1. The molecule has 0 spiro atoms. The molecular weight excluding hydrogens is 523 g/mol. The summed E-state index contributed by atoms with van der Waals surface area (Å²) in [5.74, 6) is 2.10. The summed E-state index contributed by atoms with van der Waals surface area (Å²) < 4.78 is 21.4. The fourth-order valence-corrected chi connectivity index (χ4v) is 2.62. The molecule has 9 heteroatoms. The molecule has 0 amide bonds. The van der Waals surface area contributed by atoms with E-state index in [0.29, 0.717) is 38.2 Å². The Bertz CT molecular complexity index is 788. The Morgan fingerprint density at radius 1 is 1.06 bits per heavy atom. The molecule has 0 bridgehead atoms. The second-order valence-corrected chi connectivity index (χ2v) is 7.07. The SMILES string of the molecule is COCCOCCCNC(=NCc1ccnc(OC)c1)Nc1ccc(OC(C)C)cc1.I. The highest BCUT2D eigenvalue weighted by Gasteiger charge is 2.03. The summed E-state index contributed by atoms with van der Waals surface area (Å²) in [5, 5.41) is 6.70. The van der Waals surface area contributed by atoms with E-state index in [9.17, 15) is 0 Å². The number of ether oxygens (including phenoxy) is 4. The lowest BCUT2D eigenvalue weighted by atomic mass is 10.2. The number of nitrogens with one attached hydrogen (secondary N) is 2. The molecule has 2 rings (SSSR count). The number of guanidine groups is 1. The van der Waals surface area contributed by atoms with Crippen molar-refractivity contribution in [2.75, 3.05) is 45.9 Å². The van der Waals surface area contributed by atoms with Crippen molar-refractivity contribution in [2.45, 2.75) is 32.9 Å². The summed E-state index contributed by atoms with van der Waals surface area (Å²) in [6.07, 6.45) is 2.71. The van der Waals surface area contributed by atoms with E-state index >= 15 is 0 Å². The van der Waals surface area contributed by atoms with Gasteiger partial charge in [0.1, 0.15) is 5.75 Å². The number of aliphatic imine (C=N–C) groups is 1. The third kappa shape index (κ3) is 11.5. The van der Waals surface area contributed by atoms with Gasteiger partial charge in [0, 0.05) is 38.2 Å². The van der Waals surface area contributed by atoms with Gasteiger partial charge >= 0.3 is 0 Å². The Morgan fingerprint density at radius 3 is 2.53 bits per heavy atom. The molecule has 0 saturated carbocycles. The number of hydrogen-bond donors (Lipinski definition) is 2. The molecule has 32 heavy (non-hydrogen) atoms. The van der Waals surface area contributed by atoms with Gasteiger partial charge in [-0.1, -0.05) is 0 Å². The second kappa shape index (κ2) is 16.5. The first kappa shape index (κ1) is 27.9. The maximum absolute atomic E-state index is 5.71. The molecule has 1 aromatic carbocycles. The summed E-state index contributed by atoms with van der Waals surface area (Å²) >= 11 is 0. The molecule has 178 valence electrons. The van der Waals surface area contributed by atoms with Gasteiger partial charge in [0.15, 0.2) is 5.96 Å². The molecule has 0 aliphatic rings. The zero-order valence-corrected chi connectivity index (χ0v) is 21.6. The van der Waals surface area contributed by atoms with Gasteiger partial charge in [0.05, 0.1) is 33.0 Å². The van der Waals surface area contributed by atoms with Crippen LogP contribution in [0.1, 0.15) is 25.8 Å². The fourth-order valence-electron chi connectivity index (χ4n) is 2.62. The van der Waals surface area contributed by atoms with Crippen LogP contribution in [-0.2, 0) is 16.0 Å². The summed E-state index contributed by atoms with van der Waals surface area (Å²) in [4.78, 5) is 8.84. The first-order chi connectivity index (χ1) is 15.1. The van der Waals surface area contributed by atoms with Crippen molar-refractivity contribution in [3.05, 3.63) is 48.2 Å². The number of nitrogens with zero attached hydrogens (tertiary/aromatic N) is 2. The average molecular weight is 558 g/mol. The van der Waals surface area contributed by atoms with Crippen LogP contribution in [0.4, 0.5) is 5.69 Å².